The van der Waals surface area contributed by atoms with Crippen molar-refractivity contribution in [3.05, 3.63) is 42.2 Å². The van der Waals surface area contributed by atoms with Crippen molar-refractivity contribution in [3.8, 4) is 11.3 Å². The van der Waals surface area contributed by atoms with Crippen LogP contribution in [0.2, 0.25) is 0 Å². The predicted octanol–water partition coefficient (Wildman–Crippen LogP) is 3.70. The standard InChI is InChI=1S/C19H21FN2O3/c20-14-7-3-2-6-13(14)17-10-21-18(25-17)11-22-15-8-4-1-5-12(15)9-16(22)19(23)24/h2-3,6-7,10,12,15-16H,1,4-5,8-9,11H2,(H,23,24). The van der Waals surface area contributed by atoms with E-state index < -0.39 is 12.0 Å². The van der Waals surface area contributed by atoms with Gasteiger partial charge in [0.25, 0.3) is 0 Å². The SMILES string of the molecule is O=C(O)C1CC2CCCCC2N1Cc1ncc(-c2ccccc2F)o1. The van der Waals surface area contributed by atoms with Gasteiger partial charge in [0.1, 0.15) is 11.9 Å². The molecule has 0 amide bonds. The lowest BCUT2D eigenvalue weighted by Crippen LogP contribution is -2.41. The first-order chi connectivity index (χ1) is 12.1. The molecule has 0 radical (unpaired) electrons. The van der Waals surface area contributed by atoms with Gasteiger partial charge in [0.15, 0.2) is 5.76 Å². The predicted molar refractivity (Wildman–Crippen MR) is 89.2 cm³/mol. The van der Waals surface area contributed by atoms with Gasteiger partial charge >= 0.3 is 5.97 Å². The molecule has 1 aliphatic heterocycles. The van der Waals surface area contributed by atoms with Crippen LogP contribution in [0, 0.1) is 11.7 Å². The average molecular weight is 344 g/mol. The number of hydrogen-bond donors (Lipinski definition) is 1. The van der Waals surface area contributed by atoms with Crippen molar-refractivity contribution in [1.82, 2.24) is 9.88 Å². The lowest BCUT2D eigenvalue weighted by atomic mass is 9.85. The molecule has 25 heavy (non-hydrogen) atoms. The maximum absolute atomic E-state index is 13.9. The van der Waals surface area contributed by atoms with E-state index in [4.69, 9.17) is 4.42 Å². The number of carboxylic acid groups (broad SMARTS) is 1. The number of oxazole rings is 1. The van der Waals surface area contributed by atoms with E-state index in [0.29, 0.717) is 36.1 Å². The van der Waals surface area contributed by atoms with E-state index >= 15 is 0 Å². The van der Waals surface area contributed by atoms with Crippen LogP contribution < -0.4 is 0 Å². The van der Waals surface area contributed by atoms with Gasteiger partial charge in [-0.25, -0.2) is 9.37 Å². The normalized spacial score (nSPS) is 26.5. The van der Waals surface area contributed by atoms with Crippen molar-refractivity contribution in [2.24, 2.45) is 5.92 Å². The summed E-state index contributed by atoms with van der Waals surface area (Å²) in [5.41, 5.74) is 0.369. The van der Waals surface area contributed by atoms with Gasteiger partial charge in [-0.2, -0.15) is 0 Å². The molecule has 1 aromatic carbocycles. The van der Waals surface area contributed by atoms with Gasteiger partial charge < -0.3 is 9.52 Å². The molecule has 1 saturated carbocycles. The molecule has 1 saturated heterocycles. The third-order valence-electron chi connectivity index (χ3n) is 5.52. The molecule has 0 spiro atoms. The molecule has 5 nitrogen and oxygen atoms in total. The van der Waals surface area contributed by atoms with E-state index in [1.54, 1.807) is 18.2 Å². The monoisotopic (exact) mass is 344 g/mol. The van der Waals surface area contributed by atoms with Crippen LogP contribution in [0.25, 0.3) is 11.3 Å². The minimum atomic E-state index is -0.782. The highest BCUT2D eigenvalue weighted by atomic mass is 19.1. The number of nitrogens with zero attached hydrogens (tertiary/aromatic N) is 2. The number of carboxylic acids is 1. The van der Waals surface area contributed by atoms with Crippen LogP contribution in [0.4, 0.5) is 4.39 Å². The summed E-state index contributed by atoms with van der Waals surface area (Å²) >= 11 is 0. The zero-order chi connectivity index (χ0) is 17.4. The molecule has 1 aliphatic carbocycles. The van der Waals surface area contributed by atoms with Gasteiger partial charge in [-0.05, 0) is 37.3 Å². The van der Waals surface area contributed by atoms with Gasteiger partial charge in [0.2, 0.25) is 5.89 Å². The number of fused-ring (bicyclic) bond motifs is 1. The molecule has 0 bridgehead atoms. The summed E-state index contributed by atoms with van der Waals surface area (Å²) in [5.74, 6) is 0.114. The summed E-state index contributed by atoms with van der Waals surface area (Å²) in [7, 11) is 0. The second-order valence-corrected chi connectivity index (χ2v) is 6.97. The Kier molecular flexibility index (Phi) is 4.29. The fourth-order valence-electron chi connectivity index (χ4n) is 4.35. The van der Waals surface area contributed by atoms with Gasteiger partial charge in [-0.1, -0.05) is 25.0 Å². The van der Waals surface area contributed by atoms with E-state index in [-0.39, 0.29) is 11.9 Å². The molecule has 2 heterocycles. The molecule has 4 rings (SSSR count). The number of halogens is 1. The van der Waals surface area contributed by atoms with E-state index in [0.717, 1.165) is 19.3 Å². The molecule has 3 atom stereocenters. The van der Waals surface area contributed by atoms with Crippen LogP contribution in [0.5, 0.6) is 0 Å². The number of aliphatic carboxylic acids is 1. The van der Waals surface area contributed by atoms with Crippen LogP contribution in [0.1, 0.15) is 38.0 Å². The van der Waals surface area contributed by atoms with E-state index in [9.17, 15) is 14.3 Å². The van der Waals surface area contributed by atoms with Crippen molar-refractivity contribution in [2.45, 2.75) is 50.7 Å². The quantitative estimate of drug-likeness (QED) is 0.916. The second kappa shape index (κ2) is 6.59. The van der Waals surface area contributed by atoms with Gasteiger partial charge in [-0.15, -0.1) is 0 Å². The minimum absolute atomic E-state index is 0.277. The Balaban J connectivity index is 1.56. The number of carbonyl (C=O) groups is 1. The average Bonchev–Trinajstić information content (AvgIpc) is 3.21. The first kappa shape index (κ1) is 16.3. The first-order valence-electron chi connectivity index (χ1n) is 8.81. The summed E-state index contributed by atoms with van der Waals surface area (Å²) in [6, 6.07) is 6.18. The van der Waals surface area contributed by atoms with E-state index in [1.807, 2.05) is 4.90 Å². The molecule has 1 N–H and O–H groups in total. The van der Waals surface area contributed by atoms with Crippen LogP contribution >= 0.6 is 0 Å². The van der Waals surface area contributed by atoms with Crippen LogP contribution in [-0.4, -0.2) is 33.0 Å². The fourth-order valence-corrected chi connectivity index (χ4v) is 4.35. The Morgan fingerprint density at radius 3 is 2.92 bits per heavy atom. The highest BCUT2D eigenvalue weighted by Gasteiger charge is 2.45. The van der Waals surface area contributed by atoms with Crippen LogP contribution in [0.3, 0.4) is 0 Å². The number of aromatic nitrogens is 1. The largest absolute Gasteiger partial charge is 0.480 e. The molecule has 1 aromatic heterocycles. The Hall–Kier alpha value is -2.21. The number of likely N-dealkylation sites (tertiary alicyclic amines) is 1. The first-order valence-corrected chi connectivity index (χ1v) is 8.81. The highest BCUT2D eigenvalue weighted by molar-refractivity contribution is 5.74. The molecule has 2 aliphatic rings. The molecule has 2 aromatic rings. The van der Waals surface area contributed by atoms with Crippen molar-refractivity contribution < 1.29 is 18.7 Å². The van der Waals surface area contributed by atoms with Crippen LogP contribution in [-0.2, 0) is 11.3 Å². The van der Waals surface area contributed by atoms with Crippen molar-refractivity contribution in [2.75, 3.05) is 0 Å². The van der Waals surface area contributed by atoms with E-state index in [1.165, 1.54) is 18.7 Å². The van der Waals surface area contributed by atoms with E-state index in [2.05, 4.69) is 4.98 Å². The van der Waals surface area contributed by atoms with Crippen molar-refractivity contribution in [1.29, 1.82) is 0 Å². The smallest absolute Gasteiger partial charge is 0.320 e. The molecular weight excluding hydrogens is 323 g/mol. The summed E-state index contributed by atoms with van der Waals surface area (Å²) < 4.78 is 19.6. The van der Waals surface area contributed by atoms with Crippen LogP contribution in [0.15, 0.2) is 34.9 Å². The minimum Gasteiger partial charge on any atom is -0.480 e. The van der Waals surface area contributed by atoms with Crippen molar-refractivity contribution >= 4 is 5.97 Å². The highest BCUT2D eigenvalue weighted by Crippen LogP contribution is 2.40. The Morgan fingerprint density at radius 1 is 1.32 bits per heavy atom. The second-order valence-electron chi connectivity index (χ2n) is 6.97. The maximum Gasteiger partial charge on any atom is 0.320 e. The third-order valence-corrected chi connectivity index (χ3v) is 5.52. The van der Waals surface area contributed by atoms with Gasteiger partial charge in [0, 0.05) is 6.04 Å². The summed E-state index contributed by atoms with van der Waals surface area (Å²) in [6.45, 7) is 0.354. The molecule has 2 fully saturated rings. The third kappa shape index (κ3) is 3.06. The number of rotatable bonds is 4. The summed E-state index contributed by atoms with van der Waals surface area (Å²) in [5, 5.41) is 9.59. The summed E-state index contributed by atoms with van der Waals surface area (Å²) in [4.78, 5) is 18.0. The Labute approximate surface area is 145 Å². The lowest BCUT2D eigenvalue weighted by molar-refractivity contribution is -0.143. The fraction of sp³-hybridized carbons (Fsp3) is 0.474. The Morgan fingerprint density at radius 2 is 2.12 bits per heavy atom. The number of hydrogen-bond acceptors (Lipinski definition) is 4. The maximum atomic E-state index is 13.9. The van der Waals surface area contributed by atoms with Gasteiger partial charge in [0.05, 0.1) is 18.3 Å². The number of benzene rings is 1. The molecular formula is C19H21FN2O3. The zero-order valence-electron chi connectivity index (χ0n) is 13.9. The Bertz CT molecular complexity index is 776. The van der Waals surface area contributed by atoms with Crippen molar-refractivity contribution in [3.63, 3.8) is 0 Å². The lowest BCUT2D eigenvalue weighted by Gasteiger charge is -2.32. The van der Waals surface area contributed by atoms with Gasteiger partial charge in [-0.3, -0.25) is 9.69 Å². The molecule has 132 valence electrons. The topological polar surface area (TPSA) is 66.6 Å². The molecule has 6 heteroatoms. The summed E-state index contributed by atoms with van der Waals surface area (Å²) in [6.07, 6.45) is 6.64. The molecule has 3 unspecified atom stereocenters. The zero-order valence-corrected chi connectivity index (χ0v) is 13.9.